The topological polar surface area (TPSA) is 64.4 Å². The standard InChI is InChI=1S/C10H14N2O2/c1-2-12-10(13)9(11)14-8-6-4-3-5-7-8/h3-7,9H,2,11H2,1H3,(H,12,13). The Labute approximate surface area is 83.1 Å². The fourth-order valence-corrected chi connectivity index (χ4v) is 0.974. The molecule has 1 amide bonds. The van der Waals surface area contributed by atoms with Crippen molar-refractivity contribution in [3.05, 3.63) is 30.3 Å². The van der Waals surface area contributed by atoms with Gasteiger partial charge in [0.15, 0.2) is 0 Å². The minimum Gasteiger partial charge on any atom is -0.466 e. The monoisotopic (exact) mass is 194 g/mol. The number of ether oxygens (including phenoxy) is 1. The predicted octanol–water partition coefficient (Wildman–Crippen LogP) is 0.486. The number of amides is 1. The number of benzene rings is 1. The lowest BCUT2D eigenvalue weighted by Crippen LogP contribution is -2.44. The van der Waals surface area contributed by atoms with E-state index in [2.05, 4.69) is 5.32 Å². The van der Waals surface area contributed by atoms with Crippen molar-refractivity contribution >= 4 is 5.91 Å². The largest absolute Gasteiger partial charge is 0.466 e. The molecule has 0 aliphatic rings. The normalized spacial score (nSPS) is 11.9. The van der Waals surface area contributed by atoms with Crippen LogP contribution in [0.1, 0.15) is 6.92 Å². The molecule has 0 fully saturated rings. The highest BCUT2D eigenvalue weighted by Crippen LogP contribution is 2.08. The van der Waals surface area contributed by atoms with Gasteiger partial charge in [-0.2, -0.15) is 0 Å². The highest BCUT2D eigenvalue weighted by Gasteiger charge is 2.13. The van der Waals surface area contributed by atoms with E-state index in [1.807, 2.05) is 25.1 Å². The molecule has 1 aromatic carbocycles. The van der Waals surface area contributed by atoms with E-state index in [1.165, 1.54) is 0 Å². The summed E-state index contributed by atoms with van der Waals surface area (Å²) in [5, 5.41) is 2.58. The van der Waals surface area contributed by atoms with Crippen molar-refractivity contribution in [2.24, 2.45) is 5.73 Å². The molecule has 1 atom stereocenters. The number of nitrogens with one attached hydrogen (secondary N) is 1. The molecule has 1 unspecified atom stereocenters. The van der Waals surface area contributed by atoms with E-state index in [4.69, 9.17) is 10.5 Å². The third-order valence-electron chi connectivity index (χ3n) is 1.62. The first-order valence-corrected chi connectivity index (χ1v) is 4.49. The van der Waals surface area contributed by atoms with Gasteiger partial charge in [-0.1, -0.05) is 18.2 Å². The fourth-order valence-electron chi connectivity index (χ4n) is 0.974. The Morgan fingerprint density at radius 3 is 2.71 bits per heavy atom. The van der Waals surface area contributed by atoms with Crippen molar-refractivity contribution in [1.82, 2.24) is 5.32 Å². The van der Waals surface area contributed by atoms with Gasteiger partial charge in [-0.05, 0) is 19.1 Å². The molecular formula is C10H14N2O2. The number of para-hydroxylation sites is 1. The van der Waals surface area contributed by atoms with Crippen molar-refractivity contribution in [3.8, 4) is 5.75 Å². The van der Waals surface area contributed by atoms with E-state index in [0.717, 1.165) is 0 Å². The van der Waals surface area contributed by atoms with E-state index in [9.17, 15) is 4.79 Å². The summed E-state index contributed by atoms with van der Waals surface area (Å²) in [7, 11) is 0. The molecule has 4 heteroatoms. The molecular weight excluding hydrogens is 180 g/mol. The summed E-state index contributed by atoms with van der Waals surface area (Å²) in [5.74, 6) is 0.280. The molecule has 0 spiro atoms. The van der Waals surface area contributed by atoms with Crippen LogP contribution in [0.3, 0.4) is 0 Å². The van der Waals surface area contributed by atoms with Gasteiger partial charge in [-0.15, -0.1) is 0 Å². The van der Waals surface area contributed by atoms with Gasteiger partial charge in [0.25, 0.3) is 5.91 Å². The second kappa shape index (κ2) is 5.24. The van der Waals surface area contributed by atoms with Gasteiger partial charge in [-0.3, -0.25) is 10.5 Å². The van der Waals surface area contributed by atoms with Gasteiger partial charge in [0.2, 0.25) is 6.23 Å². The number of nitrogens with two attached hydrogens (primary N) is 1. The molecule has 0 saturated carbocycles. The summed E-state index contributed by atoms with van der Waals surface area (Å²) in [4.78, 5) is 11.2. The Morgan fingerprint density at radius 2 is 2.14 bits per heavy atom. The van der Waals surface area contributed by atoms with Crippen LogP contribution < -0.4 is 15.8 Å². The summed E-state index contributed by atoms with van der Waals surface area (Å²) in [6, 6.07) is 9.00. The lowest BCUT2D eigenvalue weighted by Gasteiger charge is -2.13. The molecule has 1 aromatic rings. The van der Waals surface area contributed by atoms with Crippen LogP contribution in [0.15, 0.2) is 30.3 Å². The van der Waals surface area contributed by atoms with Crippen molar-refractivity contribution in [2.75, 3.05) is 6.54 Å². The number of hydrogen-bond donors (Lipinski definition) is 2. The third-order valence-corrected chi connectivity index (χ3v) is 1.62. The second-order valence-corrected chi connectivity index (χ2v) is 2.75. The number of carbonyl (C=O) groups is 1. The van der Waals surface area contributed by atoms with Crippen LogP contribution in [0.25, 0.3) is 0 Å². The maximum absolute atomic E-state index is 11.2. The molecule has 14 heavy (non-hydrogen) atoms. The summed E-state index contributed by atoms with van der Waals surface area (Å²) in [6.07, 6.45) is -0.947. The van der Waals surface area contributed by atoms with Crippen LogP contribution in [0.4, 0.5) is 0 Å². The summed E-state index contributed by atoms with van der Waals surface area (Å²) in [6.45, 7) is 2.37. The van der Waals surface area contributed by atoms with Gasteiger partial charge >= 0.3 is 0 Å². The lowest BCUT2D eigenvalue weighted by molar-refractivity contribution is -0.127. The van der Waals surface area contributed by atoms with Crippen LogP contribution >= 0.6 is 0 Å². The molecule has 0 aromatic heterocycles. The van der Waals surface area contributed by atoms with Gasteiger partial charge < -0.3 is 10.1 Å². The van der Waals surface area contributed by atoms with E-state index >= 15 is 0 Å². The van der Waals surface area contributed by atoms with Gasteiger partial charge in [0, 0.05) is 6.54 Å². The molecule has 0 aliphatic heterocycles. The second-order valence-electron chi connectivity index (χ2n) is 2.75. The highest BCUT2D eigenvalue weighted by atomic mass is 16.5. The Bertz CT molecular complexity index is 287. The predicted molar refractivity (Wildman–Crippen MR) is 53.7 cm³/mol. The molecule has 0 saturated heterocycles. The van der Waals surface area contributed by atoms with Crippen LogP contribution in [0.5, 0.6) is 5.75 Å². The fraction of sp³-hybridized carbons (Fsp3) is 0.300. The zero-order valence-electron chi connectivity index (χ0n) is 8.07. The van der Waals surface area contributed by atoms with Crippen LogP contribution in [-0.4, -0.2) is 18.7 Å². The first-order valence-electron chi connectivity index (χ1n) is 4.49. The first kappa shape index (κ1) is 10.5. The minimum absolute atomic E-state index is 0.309. The zero-order chi connectivity index (χ0) is 10.4. The molecule has 4 nitrogen and oxygen atoms in total. The molecule has 3 N–H and O–H groups in total. The molecule has 0 radical (unpaired) electrons. The summed E-state index contributed by atoms with van der Waals surface area (Å²) >= 11 is 0. The van der Waals surface area contributed by atoms with E-state index < -0.39 is 6.23 Å². The SMILES string of the molecule is CCNC(=O)C(N)Oc1ccccc1. The molecule has 0 heterocycles. The Balaban J connectivity index is 2.49. The maximum atomic E-state index is 11.2. The molecule has 76 valence electrons. The number of likely N-dealkylation sites (N-methyl/N-ethyl adjacent to an activating group) is 1. The Hall–Kier alpha value is -1.55. The van der Waals surface area contributed by atoms with Crippen LogP contribution in [-0.2, 0) is 4.79 Å². The van der Waals surface area contributed by atoms with E-state index in [0.29, 0.717) is 12.3 Å². The average molecular weight is 194 g/mol. The molecule has 0 aliphatic carbocycles. The van der Waals surface area contributed by atoms with Crippen LogP contribution in [0, 0.1) is 0 Å². The number of rotatable bonds is 4. The lowest BCUT2D eigenvalue weighted by atomic mass is 10.3. The average Bonchev–Trinajstić information content (AvgIpc) is 2.19. The summed E-state index contributed by atoms with van der Waals surface area (Å²) in [5.41, 5.74) is 5.50. The van der Waals surface area contributed by atoms with Crippen molar-refractivity contribution in [1.29, 1.82) is 0 Å². The highest BCUT2D eigenvalue weighted by molar-refractivity contribution is 5.80. The van der Waals surface area contributed by atoms with Crippen molar-refractivity contribution in [3.63, 3.8) is 0 Å². The van der Waals surface area contributed by atoms with E-state index in [1.54, 1.807) is 12.1 Å². The quantitative estimate of drug-likeness (QED) is 0.685. The van der Waals surface area contributed by atoms with Crippen LogP contribution in [0.2, 0.25) is 0 Å². The van der Waals surface area contributed by atoms with Gasteiger partial charge in [0.05, 0.1) is 0 Å². The first-order chi connectivity index (χ1) is 6.74. The van der Waals surface area contributed by atoms with Crippen molar-refractivity contribution < 1.29 is 9.53 Å². The smallest absolute Gasteiger partial charge is 0.276 e. The number of hydrogen-bond acceptors (Lipinski definition) is 3. The Morgan fingerprint density at radius 1 is 1.50 bits per heavy atom. The minimum atomic E-state index is -0.947. The third kappa shape index (κ3) is 3.06. The van der Waals surface area contributed by atoms with E-state index in [-0.39, 0.29) is 5.91 Å². The Kier molecular flexibility index (Phi) is 3.94. The molecule has 0 bridgehead atoms. The summed E-state index contributed by atoms with van der Waals surface area (Å²) < 4.78 is 5.19. The number of carbonyl (C=O) groups excluding carboxylic acids is 1. The van der Waals surface area contributed by atoms with Crippen molar-refractivity contribution in [2.45, 2.75) is 13.2 Å². The zero-order valence-corrected chi connectivity index (χ0v) is 8.07. The van der Waals surface area contributed by atoms with Gasteiger partial charge in [0.1, 0.15) is 5.75 Å². The molecule has 1 rings (SSSR count). The van der Waals surface area contributed by atoms with Gasteiger partial charge in [-0.25, -0.2) is 0 Å². The maximum Gasteiger partial charge on any atom is 0.276 e.